The van der Waals surface area contributed by atoms with Gasteiger partial charge in [0.15, 0.2) is 0 Å². The van der Waals surface area contributed by atoms with Crippen LogP contribution in [-0.2, 0) is 4.74 Å². The molecular formula is C15H21N3OS. The zero-order valence-electron chi connectivity index (χ0n) is 11.9. The Kier molecular flexibility index (Phi) is 4.19. The van der Waals surface area contributed by atoms with Crippen LogP contribution in [0.3, 0.4) is 0 Å². The molecule has 2 heterocycles. The molecule has 1 aromatic carbocycles. The van der Waals surface area contributed by atoms with Gasteiger partial charge in [-0.2, -0.15) is 0 Å². The first-order valence-corrected chi connectivity index (χ1v) is 7.84. The van der Waals surface area contributed by atoms with Crippen LogP contribution in [0.4, 0.5) is 11.4 Å². The Hall–Kier alpha value is -1.17. The fraction of sp³-hybridized carbons (Fsp3) is 0.467. The van der Waals surface area contributed by atoms with Crippen molar-refractivity contribution < 1.29 is 4.74 Å². The summed E-state index contributed by atoms with van der Waals surface area (Å²) in [5, 5.41) is 4.60. The first-order valence-electron chi connectivity index (χ1n) is 7.02. The van der Waals surface area contributed by atoms with Gasteiger partial charge in [-0.05, 0) is 18.2 Å². The third-order valence-corrected chi connectivity index (χ3v) is 4.84. The van der Waals surface area contributed by atoms with Gasteiger partial charge in [0.25, 0.3) is 0 Å². The maximum Gasteiger partial charge on any atom is 0.0725 e. The molecule has 0 bridgehead atoms. The van der Waals surface area contributed by atoms with Crippen LogP contribution in [0.2, 0.25) is 0 Å². The number of nitrogens with one attached hydrogen (secondary N) is 1. The van der Waals surface area contributed by atoms with Crippen molar-refractivity contribution in [2.75, 3.05) is 56.7 Å². The molecule has 0 aromatic heterocycles. The van der Waals surface area contributed by atoms with Crippen molar-refractivity contribution in [3.05, 3.63) is 29.8 Å². The summed E-state index contributed by atoms with van der Waals surface area (Å²) in [6.45, 7) is 9.92. The molecule has 2 aliphatic heterocycles. The number of hydrogen-bond acceptors (Lipinski definition) is 5. The lowest BCUT2D eigenvalue weighted by Crippen LogP contribution is -2.38. The second-order valence-electron chi connectivity index (χ2n) is 5.12. The normalized spacial score (nSPS) is 19.2. The van der Waals surface area contributed by atoms with Gasteiger partial charge in [0.1, 0.15) is 0 Å². The van der Waals surface area contributed by atoms with Gasteiger partial charge < -0.3 is 15.0 Å². The van der Waals surface area contributed by atoms with E-state index in [0.29, 0.717) is 0 Å². The van der Waals surface area contributed by atoms with Crippen molar-refractivity contribution in [2.45, 2.75) is 4.90 Å². The van der Waals surface area contributed by atoms with Gasteiger partial charge in [0, 0.05) is 43.8 Å². The van der Waals surface area contributed by atoms with E-state index in [4.69, 9.17) is 4.74 Å². The van der Waals surface area contributed by atoms with Crippen LogP contribution in [0.1, 0.15) is 0 Å². The first kappa shape index (κ1) is 13.8. The van der Waals surface area contributed by atoms with Crippen LogP contribution in [0.15, 0.2) is 34.7 Å². The van der Waals surface area contributed by atoms with Crippen molar-refractivity contribution in [3.63, 3.8) is 0 Å². The van der Waals surface area contributed by atoms with Crippen LogP contribution < -0.4 is 10.2 Å². The number of ether oxygens (including phenoxy) is 1. The van der Waals surface area contributed by atoms with Crippen molar-refractivity contribution in [3.8, 4) is 0 Å². The van der Waals surface area contributed by atoms with Crippen molar-refractivity contribution in [1.82, 2.24) is 4.90 Å². The largest absolute Gasteiger partial charge is 0.384 e. The minimum atomic E-state index is 0.865. The number of anilines is 2. The molecule has 0 aliphatic carbocycles. The average molecular weight is 291 g/mol. The summed E-state index contributed by atoms with van der Waals surface area (Å²) in [5.41, 5.74) is 2.44. The highest BCUT2D eigenvalue weighted by Crippen LogP contribution is 2.45. The minimum Gasteiger partial charge on any atom is -0.384 e. The fourth-order valence-corrected chi connectivity index (χ4v) is 3.48. The molecular weight excluding hydrogens is 270 g/mol. The lowest BCUT2D eigenvalue weighted by Gasteiger charge is -2.26. The molecule has 108 valence electrons. The Morgan fingerprint density at radius 1 is 1.35 bits per heavy atom. The summed E-state index contributed by atoms with van der Waals surface area (Å²) >= 11 is 1.74. The van der Waals surface area contributed by atoms with Gasteiger partial charge in [-0.1, -0.05) is 18.3 Å². The number of morpholine rings is 1. The van der Waals surface area contributed by atoms with Crippen molar-refractivity contribution >= 4 is 23.1 Å². The molecule has 0 unspecified atom stereocenters. The fourth-order valence-electron chi connectivity index (χ4n) is 2.50. The highest BCUT2D eigenvalue weighted by atomic mass is 32.2. The molecule has 1 saturated heterocycles. The van der Waals surface area contributed by atoms with Crippen molar-refractivity contribution in [1.29, 1.82) is 0 Å². The second-order valence-corrected chi connectivity index (χ2v) is 6.23. The second kappa shape index (κ2) is 6.08. The molecule has 1 fully saturated rings. The van der Waals surface area contributed by atoms with Crippen molar-refractivity contribution in [2.24, 2.45) is 0 Å². The summed E-state index contributed by atoms with van der Waals surface area (Å²) in [6, 6.07) is 6.53. The number of fused-ring (bicyclic) bond motifs is 1. The monoisotopic (exact) mass is 291 g/mol. The maximum atomic E-state index is 5.36. The van der Waals surface area contributed by atoms with E-state index in [2.05, 4.69) is 46.9 Å². The molecule has 0 saturated carbocycles. The van der Waals surface area contributed by atoms with Gasteiger partial charge in [0.2, 0.25) is 0 Å². The van der Waals surface area contributed by atoms with Gasteiger partial charge in [-0.25, -0.2) is 0 Å². The van der Waals surface area contributed by atoms with E-state index in [9.17, 15) is 0 Å². The lowest BCUT2D eigenvalue weighted by atomic mass is 10.2. The predicted octanol–water partition coefficient (Wildman–Crippen LogP) is 2.44. The summed E-state index contributed by atoms with van der Waals surface area (Å²) < 4.78 is 5.36. The van der Waals surface area contributed by atoms with Crippen LogP contribution in [0.25, 0.3) is 0 Å². The molecule has 2 aliphatic rings. The highest BCUT2D eigenvalue weighted by molar-refractivity contribution is 8.03. The molecule has 1 N–H and O–H groups in total. The van der Waals surface area contributed by atoms with Crippen LogP contribution in [0, 0.1) is 0 Å². The Labute approximate surface area is 124 Å². The SMILES string of the molecule is C=C1Sc2cc(NCCN3CCOCC3)ccc2N1C. The highest BCUT2D eigenvalue weighted by Gasteiger charge is 2.20. The smallest absolute Gasteiger partial charge is 0.0725 e. The van der Waals surface area contributed by atoms with Crippen LogP contribution >= 0.6 is 11.8 Å². The van der Waals surface area contributed by atoms with E-state index in [-0.39, 0.29) is 0 Å². The Morgan fingerprint density at radius 2 is 2.15 bits per heavy atom. The Balaban J connectivity index is 1.54. The maximum absolute atomic E-state index is 5.36. The van der Waals surface area contributed by atoms with E-state index in [1.54, 1.807) is 11.8 Å². The Morgan fingerprint density at radius 3 is 2.95 bits per heavy atom. The van der Waals surface area contributed by atoms with E-state index in [1.165, 1.54) is 16.3 Å². The molecule has 1 aromatic rings. The quantitative estimate of drug-likeness (QED) is 0.920. The zero-order chi connectivity index (χ0) is 13.9. The molecule has 0 radical (unpaired) electrons. The van der Waals surface area contributed by atoms with Crippen LogP contribution in [-0.4, -0.2) is 51.3 Å². The summed E-state index contributed by atoms with van der Waals surface area (Å²) in [7, 11) is 2.06. The number of benzene rings is 1. The van der Waals surface area contributed by atoms with Gasteiger partial charge >= 0.3 is 0 Å². The molecule has 0 amide bonds. The van der Waals surface area contributed by atoms with E-state index >= 15 is 0 Å². The van der Waals surface area contributed by atoms with Gasteiger partial charge in [-0.3, -0.25) is 4.90 Å². The summed E-state index contributed by atoms with van der Waals surface area (Å²) in [5.74, 6) is 0. The zero-order valence-corrected chi connectivity index (χ0v) is 12.7. The third kappa shape index (κ3) is 2.95. The standard InChI is InChI=1S/C15H21N3OS/c1-12-17(2)14-4-3-13(11-15(14)20-12)16-5-6-18-7-9-19-10-8-18/h3-4,11,16H,1,5-10H2,2H3. The number of nitrogens with zero attached hydrogens (tertiary/aromatic N) is 2. The molecule has 20 heavy (non-hydrogen) atoms. The van der Waals surface area contributed by atoms with Gasteiger partial charge in [-0.15, -0.1) is 0 Å². The third-order valence-electron chi connectivity index (χ3n) is 3.78. The summed E-state index contributed by atoms with van der Waals surface area (Å²) in [4.78, 5) is 5.86. The van der Waals surface area contributed by atoms with Gasteiger partial charge in [0.05, 0.1) is 23.9 Å². The number of rotatable bonds is 4. The van der Waals surface area contributed by atoms with E-state index < -0.39 is 0 Å². The first-order chi connectivity index (χ1) is 9.74. The predicted molar refractivity (Wildman–Crippen MR) is 85.6 cm³/mol. The minimum absolute atomic E-state index is 0.865. The van der Waals surface area contributed by atoms with E-state index in [0.717, 1.165) is 44.4 Å². The Bertz CT molecular complexity index is 500. The summed E-state index contributed by atoms with van der Waals surface area (Å²) in [6.07, 6.45) is 0. The molecule has 0 spiro atoms. The molecule has 4 nitrogen and oxygen atoms in total. The lowest BCUT2D eigenvalue weighted by molar-refractivity contribution is 0.0398. The molecule has 0 atom stereocenters. The van der Waals surface area contributed by atoms with E-state index in [1.807, 2.05) is 0 Å². The molecule has 5 heteroatoms. The van der Waals surface area contributed by atoms with Crippen LogP contribution in [0.5, 0.6) is 0 Å². The number of hydrogen-bond donors (Lipinski definition) is 1. The topological polar surface area (TPSA) is 27.7 Å². The average Bonchev–Trinajstić information content (AvgIpc) is 2.75. The number of thioether (sulfide) groups is 1. The molecule has 3 rings (SSSR count).